The maximum atomic E-state index is 5.76. The summed E-state index contributed by atoms with van der Waals surface area (Å²) in [6.45, 7) is 2.14. The van der Waals surface area contributed by atoms with Gasteiger partial charge in [0.2, 0.25) is 0 Å². The number of thioether (sulfide) groups is 1. The van der Waals surface area contributed by atoms with E-state index in [-0.39, 0.29) is 6.04 Å². The molecule has 0 aliphatic carbocycles. The summed E-state index contributed by atoms with van der Waals surface area (Å²) in [5.41, 5.74) is 3.72. The number of para-hydroxylation sites is 1. The van der Waals surface area contributed by atoms with Crippen LogP contribution < -0.4 is 11.3 Å². The molecule has 0 saturated carbocycles. The lowest BCUT2D eigenvalue weighted by Crippen LogP contribution is -2.29. The van der Waals surface area contributed by atoms with Gasteiger partial charge in [-0.2, -0.15) is 11.8 Å². The number of fused-ring (bicyclic) bond motifs is 1. The summed E-state index contributed by atoms with van der Waals surface area (Å²) in [6.07, 6.45) is 0. The molecule has 0 aliphatic rings. The molecule has 1 aromatic carbocycles. The monoisotopic (exact) mass is 236 g/mol. The summed E-state index contributed by atoms with van der Waals surface area (Å²) in [5, 5.41) is 1.12. The van der Waals surface area contributed by atoms with Crippen molar-refractivity contribution in [1.82, 2.24) is 5.43 Å². The topological polar surface area (TPSA) is 51.2 Å². The van der Waals surface area contributed by atoms with E-state index in [1.807, 2.05) is 36.0 Å². The summed E-state index contributed by atoms with van der Waals surface area (Å²) < 4.78 is 5.76. The molecule has 1 heterocycles. The number of hydrazine groups is 1. The van der Waals surface area contributed by atoms with Crippen molar-refractivity contribution in [2.45, 2.75) is 13.0 Å². The van der Waals surface area contributed by atoms with Crippen molar-refractivity contribution >= 4 is 22.7 Å². The Morgan fingerprint density at radius 3 is 2.94 bits per heavy atom. The standard InChI is InChI=1S/C12H16N2OS/c1-2-16-8-10(14-13)12-7-9-5-3-4-6-11(9)15-12/h3-7,10,14H,2,8,13H2,1H3. The number of rotatable bonds is 5. The highest BCUT2D eigenvalue weighted by atomic mass is 32.2. The molecule has 2 rings (SSSR count). The van der Waals surface area contributed by atoms with Crippen LogP contribution in [0.4, 0.5) is 0 Å². The number of furan rings is 1. The van der Waals surface area contributed by atoms with E-state index in [4.69, 9.17) is 10.3 Å². The summed E-state index contributed by atoms with van der Waals surface area (Å²) in [5.74, 6) is 8.46. The summed E-state index contributed by atoms with van der Waals surface area (Å²) in [7, 11) is 0. The lowest BCUT2D eigenvalue weighted by Gasteiger charge is -2.11. The van der Waals surface area contributed by atoms with Gasteiger partial charge in [0.25, 0.3) is 0 Å². The highest BCUT2D eigenvalue weighted by Gasteiger charge is 2.14. The zero-order valence-electron chi connectivity index (χ0n) is 9.27. The molecule has 0 aliphatic heterocycles. The van der Waals surface area contributed by atoms with Gasteiger partial charge in [-0.15, -0.1) is 0 Å². The van der Waals surface area contributed by atoms with E-state index in [0.29, 0.717) is 0 Å². The SMILES string of the molecule is CCSCC(NN)c1cc2ccccc2o1. The van der Waals surface area contributed by atoms with Crippen molar-refractivity contribution in [3.8, 4) is 0 Å². The van der Waals surface area contributed by atoms with Crippen LogP contribution in [0.5, 0.6) is 0 Å². The number of benzene rings is 1. The quantitative estimate of drug-likeness (QED) is 0.619. The highest BCUT2D eigenvalue weighted by molar-refractivity contribution is 7.99. The van der Waals surface area contributed by atoms with Gasteiger partial charge in [0.1, 0.15) is 11.3 Å². The molecule has 16 heavy (non-hydrogen) atoms. The largest absolute Gasteiger partial charge is 0.459 e. The first-order chi connectivity index (χ1) is 7.85. The van der Waals surface area contributed by atoms with Crippen molar-refractivity contribution < 1.29 is 4.42 Å². The molecule has 0 saturated heterocycles. The first-order valence-corrected chi connectivity index (χ1v) is 6.53. The second kappa shape index (κ2) is 5.39. The minimum absolute atomic E-state index is 0.0809. The molecular weight excluding hydrogens is 220 g/mol. The molecule has 1 unspecified atom stereocenters. The van der Waals surface area contributed by atoms with Gasteiger partial charge in [-0.1, -0.05) is 25.1 Å². The van der Waals surface area contributed by atoms with Crippen LogP contribution in [0.15, 0.2) is 34.7 Å². The van der Waals surface area contributed by atoms with Crippen LogP contribution in [0.1, 0.15) is 18.7 Å². The Bertz CT molecular complexity index is 422. The fraction of sp³-hybridized carbons (Fsp3) is 0.333. The minimum Gasteiger partial charge on any atom is -0.459 e. The van der Waals surface area contributed by atoms with Crippen molar-refractivity contribution in [2.24, 2.45) is 5.84 Å². The molecule has 1 aromatic heterocycles. The van der Waals surface area contributed by atoms with Crippen LogP contribution in [-0.2, 0) is 0 Å². The van der Waals surface area contributed by atoms with Crippen molar-refractivity contribution in [3.63, 3.8) is 0 Å². The van der Waals surface area contributed by atoms with E-state index in [1.54, 1.807) is 0 Å². The van der Waals surface area contributed by atoms with Crippen molar-refractivity contribution in [1.29, 1.82) is 0 Å². The van der Waals surface area contributed by atoms with Gasteiger partial charge in [0.15, 0.2) is 0 Å². The maximum absolute atomic E-state index is 5.76. The van der Waals surface area contributed by atoms with E-state index in [2.05, 4.69) is 18.4 Å². The zero-order chi connectivity index (χ0) is 11.4. The Kier molecular flexibility index (Phi) is 3.88. The molecule has 3 nitrogen and oxygen atoms in total. The maximum Gasteiger partial charge on any atom is 0.134 e. The van der Waals surface area contributed by atoms with Gasteiger partial charge in [0.05, 0.1) is 6.04 Å². The summed E-state index contributed by atoms with van der Waals surface area (Å²) in [6, 6.07) is 10.1. The number of hydrogen-bond acceptors (Lipinski definition) is 4. The third-order valence-corrected chi connectivity index (χ3v) is 3.46. The first kappa shape index (κ1) is 11.5. The van der Waals surface area contributed by atoms with Crippen molar-refractivity contribution in [2.75, 3.05) is 11.5 Å². The minimum atomic E-state index is 0.0809. The fourth-order valence-electron chi connectivity index (χ4n) is 1.62. The second-order valence-corrected chi connectivity index (χ2v) is 4.88. The van der Waals surface area contributed by atoms with Gasteiger partial charge < -0.3 is 4.42 Å². The fourth-order valence-corrected chi connectivity index (χ4v) is 2.35. The van der Waals surface area contributed by atoms with E-state index < -0.39 is 0 Å². The molecule has 1 atom stereocenters. The average Bonchev–Trinajstić information content (AvgIpc) is 2.73. The van der Waals surface area contributed by atoms with Gasteiger partial charge in [-0.3, -0.25) is 5.84 Å². The Labute approximate surface area is 99.4 Å². The van der Waals surface area contributed by atoms with Crippen LogP contribution in [0, 0.1) is 0 Å². The van der Waals surface area contributed by atoms with Gasteiger partial charge in [0, 0.05) is 11.1 Å². The second-order valence-electron chi connectivity index (χ2n) is 3.57. The summed E-state index contributed by atoms with van der Waals surface area (Å²) in [4.78, 5) is 0. The smallest absolute Gasteiger partial charge is 0.134 e. The summed E-state index contributed by atoms with van der Waals surface area (Å²) >= 11 is 1.84. The Morgan fingerprint density at radius 2 is 2.25 bits per heavy atom. The predicted octanol–water partition coefficient (Wildman–Crippen LogP) is 2.69. The third-order valence-electron chi connectivity index (χ3n) is 2.48. The molecule has 0 fully saturated rings. The normalized spacial score (nSPS) is 13.1. The molecule has 0 amide bonds. The lowest BCUT2D eigenvalue weighted by molar-refractivity contribution is 0.464. The van der Waals surface area contributed by atoms with Gasteiger partial charge in [-0.05, 0) is 17.9 Å². The molecule has 0 bridgehead atoms. The molecule has 86 valence electrons. The van der Waals surface area contributed by atoms with Crippen LogP contribution >= 0.6 is 11.8 Å². The number of hydrogen-bond donors (Lipinski definition) is 2. The molecule has 3 N–H and O–H groups in total. The Balaban J connectivity index is 2.23. The number of nitrogens with two attached hydrogens (primary N) is 1. The third kappa shape index (κ3) is 2.40. The number of nitrogens with one attached hydrogen (secondary N) is 1. The lowest BCUT2D eigenvalue weighted by atomic mass is 10.2. The highest BCUT2D eigenvalue weighted by Crippen LogP contribution is 2.25. The van der Waals surface area contributed by atoms with Crippen LogP contribution in [0.25, 0.3) is 11.0 Å². The molecule has 0 spiro atoms. The molecule has 0 radical (unpaired) electrons. The van der Waals surface area contributed by atoms with Crippen LogP contribution in [0.3, 0.4) is 0 Å². The molecular formula is C12H16N2OS. The average molecular weight is 236 g/mol. The van der Waals surface area contributed by atoms with Crippen LogP contribution in [0.2, 0.25) is 0 Å². The predicted molar refractivity (Wildman–Crippen MR) is 69.3 cm³/mol. The van der Waals surface area contributed by atoms with Crippen molar-refractivity contribution in [3.05, 3.63) is 36.1 Å². The molecule has 2 aromatic rings. The van der Waals surface area contributed by atoms with E-state index >= 15 is 0 Å². The zero-order valence-corrected chi connectivity index (χ0v) is 10.1. The van der Waals surface area contributed by atoms with E-state index in [0.717, 1.165) is 28.2 Å². The van der Waals surface area contributed by atoms with E-state index in [1.165, 1.54) is 0 Å². The van der Waals surface area contributed by atoms with Crippen LogP contribution in [-0.4, -0.2) is 11.5 Å². The molecule has 4 heteroatoms. The Morgan fingerprint density at radius 1 is 1.44 bits per heavy atom. The van der Waals surface area contributed by atoms with Gasteiger partial charge >= 0.3 is 0 Å². The van der Waals surface area contributed by atoms with Gasteiger partial charge in [-0.25, -0.2) is 5.43 Å². The van der Waals surface area contributed by atoms with E-state index in [9.17, 15) is 0 Å². The first-order valence-electron chi connectivity index (χ1n) is 5.37. The Hall–Kier alpha value is -0.970.